The van der Waals surface area contributed by atoms with Crippen molar-refractivity contribution in [3.05, 3.63) is 316 Å². The number of thiazole rings is 1. The van der Waals surface area contributed by atoms with Crippen molar-refractivity contribution in [3.8, 4) is 0 Å². The standard InChI is InChI=1S/C8H7N.C5H5N.3C4H4N2.C4H5N.C4H4O.C4H4S.2C3H4N2.C3H3NO.2C3H3NS.C2H3N3.15C2H6.CH2N4.10CH4/c1-2-4-8-7(3-1)5-6-9-8;1-2-4-6-5-3-1;1-2-6-4-3-5-1;1-2-5-4-6-3-1;1-2-4-6-5-3-1;3*1-2-4-5-3-1;1-2-5-3-4-1;2*1-2-4-5-3-1;1-2-5-3-4-1;1-2-4-5-3-1;1-3-2-5-4-1;15*1-2;1-2-4-5-3-1;;;;;;;;;;/h1-6,9H;1-5H;3*1-4H;1-5H;2*1-4H;2*1-3H,(H,4,5);3*1-3H;1-2H,(H,3,4,5);15*1-2H3;1H2;10*1H4. The Hall–Kier alpha value is -11.4. The van der Waals surface area contributed by atoms with E-state index in [-0.39, 0.29) is 74.3 Å². The van der Waals surface area contributed by atoms with Crippen LogP contribution in [0.5, 0.6) is 0 Å². The molecule has 0 saturated carbocycles. The second-order valence-electron chi connectivity index (χ2n) is 13.1. The number of thiophene rings is 1. The molecule has 1 aliphatic heterocycles. The van der Waals surface area contributed by atoms with E-state index in [0.717, 1.165) is 0 Å². The van der Waals surface area contributed by atoms with Crippen molar-refractivity contribution in [2.45, 2.75) is 282 Å². The van der Waals surface area contributed by atoms with Crippen LogP contribution < -0.4 is 0 Å². The zero-order valence-corrected chi connectivity index (χ0v) is 76.8. The van der Waals surface area contributed by atoms with E-state index in [4.69, 9.17) is 0 Å². The molecule has 1 aliphatic rings. The minimum absolute atomic E-state index is 0. The summed E-state index contributed by atoms with van der Waals surface area (Å²) in [7, 11) is 0. The Morgan fingerprint density at radius 2 is 0.780 bits per heavy atom. The lowest BCUT2D eigenvalue weighted by Crippen LogP contribution is -1.69. The van der Waals surface area contributed by atoms with E-state index < -0.39 is 0 Å². The monoisotopic (exact) mass is 1780 g/mol. The summed E-state index contributed by atoms with van der Waals surface area (Å²) in [5, 5.41) is 44.9. The fourth-order valence-electron chi connectivity index (χ4n) is 4.06. The average Bonchev–Trinajstić information content (AvgIpc) is 1.75. The summed E-state index contributed by atoms with van der Waals surface area (Å²) in [6.45, 7) is 60.4. The minimum Gasteiger partial charge on any atom is -0.473 e. The fourth-order valence-corrected chi connectivity index (χ4v) is 5.22. The number of aromatic nitrogens is 19. The molecule has 15 heterocycles. The third kappa shape index (κ3) is 206. The predicted molar refractivity (Wildman–Crippen MR) is 559 cm³/mol. The molecule has 0 fully saturated rings. The molecule has 0 bridgehead atoms. The maximum Gasteiger partial charge on any atom is 0.175 e. The van der Waals surface area contributed by atoms with E-state index in [0.29, 0.717) is 6.67 Å². The highest BCUT2D eigenvalue weighted by atomic mass is 32.1. The van der Waals surface area contributed by atoms with E-state index >= 15 is 0 Å². The van der Waals surface area contributed by atoms with Gasteiger partial charge in [0.05, 0.1) is 30.6 Å². The van der Waals surface area contributed by atoms with Gasteiger partial charge in [-0.05, 0) is 123 Å². The zero-order valence-electron chi connectivity index (χ0n) is 74.3. The van der Waals surface area contributed by atoms with Crippen LogP contribution in [0.1, 0.15) is 282 Å². The first-order valence-corrected chi connectivity index (χ1v) is 41.6. The van der Waals surface area contributed by atoms with Gasteiger partial charge in [-0.15, -0.1) is 21.6 Å². The van der Waals surface area contributed by atoms with Crippen LogP contribution in [0.25, 0.3) is 10.9 Å². The number of fused-ring (bicyclic) bond motifs is 1. The molecule has 0 unspecified atom stereocenters. The molecule has 0 atom stereocenters. The van der Waals surface area contributed by atoms with Gasteiger partial charge in [-0.3, -0.25) is 30.1 Å². The lowest BCUT2D eigenvalue weighted by molar-refractivity contribution is 0.420. The lowest BCUT2D eigenvalue weighted by atomic mass is 10.3. The third-order valence-corrected chi connectivity index (χ3v) is 8.96. The second-order valence-corrected chi connectivity index (χ2v) is 15.4. The first kappa shape index (κ1) is 178. The van der Waals surface area contributed by atoms with Gasteiger partial charge >= 0.3 is 0 Å². The van der Waals surface area contributed by atoms with Crippen LogP contribution in [0, 0.1) is 0 Å². The van der Waals surface area contributed by atoms with Crippen LogP contribution in [0.4, 0.5) is 0 Å². The van der Waals surface area contributed by atoms with Crippen molar-refractivity contribution in [3.63, 3.8) is 0 Å². The first-order chi connectivity index (χ1) is 56.5. The molecule has 0 spiro atoms. The maximum atomic E-state index is 4.58. The van der Waals surface area contributed by atoms with Crippen LogP contribution in [0.15, 0.2) is 346 Å². The molecule has 0 radical (unpaired) electrons. The largest absolute Gasteiger partial charge is 0.473 e. The number of nitrogens with zero attached hydrogens (tertiary/aromatic N) is 18. The number of pyridine rings is 1. The zero-order chi connectivity index (χ0) is 88.4. The summed E-state index contributed by atoms with van der Waals surface area (Å²) >= 11 is 4.78. The number of imidazole rings is 1. The first-order valence-electron chi connectivity index (χ1n) is 38.9. The summed E-state index contributed by atoms with van der Waals surface area (Å²) in [5.41, 5.74) is 3.00. The van der Waals surface area contributed by atoms with Gasteiger partial charge in [-0.2, -0.15) is 31.7 Å². The van der Waals surface area contributed by atoms with Crippen LogP contribution in [0.2, 0.25) is 0 Å². The normalized spacial score (nSPS) is 6.68. The molecule has 5 N–H and O–H groups in total. The number of nitrogens with one attached hydrogen (secondary N) is 5. The molecule has 0 saturated heterocycles. The van der Waals surface area contributed by atoms with Crippen LogP contribution in [-0.4, -0.2) is 102 Å². The summed E-state index contributed by atoms with van der Waals surface area (Å²) in [4.78, 5) is 38.3. The number of hydrogen-bond acceptors (Lipinski definition) is 23. The third-order valence-electron chi connectivity index (χ3n) is 7.29. The molecule has 16 rings (SSSR count). The quantitative estimate of drug-likeness (QED) is 0.0942. The Kier molecular flexibility index (Phi) is 336. The smallest absolute Gasteiger partial charge is 0.175 e. The number of furan rings is 1. The van der Waals surface area contributed by atoms with Crippen molar-refractivity contribution in [2.75, 3.05) is 6.67 Å². The average molecular weight is 1780 g/mol. The summed E-state index contributed by atoms with van der Waals surface area (Å²) in [5.74, 6) is 0. The van der Waals surface area contributed by atoms with Crippen molar-refractivity contribution in [2.24, 2.45) is 20.7 Å². The Balaban J connectivity index is -0.0000000378. The molecule has 1 aromatic carbocycles. The fraction of sp³-hybridized carbons (Fsp3) is 0.432. The minimum atomic E-state index is 0. The van der Waals surface area contributed by atoms with Crippen molar-refractivity contribution in [1.82, 2.24) is 94.9 Å². The van der Waals surface area contributed by atoms with E-state index in [1.807, 2.05) is 339 Å². The molecular formula is C95H189N23O2S3. The summed E-state index contributed by atoms with van der Waals surface area (Å²) < 4.78 is 12.7. The highest BCUT2D eigenvalue weighted by Crippen LogP contribution is 2.09. The Bertz CT molecular complexity index is 2480. The van der Waals surface area contributed by atoms with E-state index in [1.165, 1.54) is 47.7 Å². The molecule has 0 aliphatic carbocycles. The summed E-state index contributed by atoms with van der Waals surface area (Å²) in [6.07, 6.45) is 45.3. The predicted octanol–water partition coefficient (Wildman–Crippen LogP) is 34.8. The van der Waals surface area contributed by atoms with E-state index in [1.54, 1.807) is 165 Å². The Labute approximate surface area is 770 Å². The molecule has 123 heavy (non-hydrogen) atoms. The molecular weight excluding hydrogens is 1590 g/mol. The van der Waals surface area contributed by atoms with Gasteiger partial charge in [-0.1, -0.05) is 324 Å². The van der Waals surface area contributed by atoms with Crippen molar-refractivity contribution in [1.29, 1.82) is 0 Å². The van der Waals surface area contributed by atoms with E-state index in [2.05, 4.69) is 143 Å². The van der Waals surface area contributed by atoms with Crippen molar-refractivity contribution < 1.29 is 8.94 Å². The number of aromatic amines is 5. The maximum absolute atomic E-state index is 4.58. The molecule has 28 heteroatoms. The second kappa shape index (κ2) is 232. The van der Waals surface area contributed by atoms with Gasteiger partial charge in [0.2, 0.25) is 0 Å². The van der Waals surface area contributed by atoms with Gasteiger partial charge in [0.15, 0.2) is 6.67 Å². The topological polar surface area (TPSA) is 335 Å². The van der Waals surface area contributed by atoms with Crippen molar-refractivity contribution >= 4 is 45.1 Å². The van der Waals surface area contributed by atoms with E-state index in [9.17, 15) is 0 Å². The Morgan fingerprint density at radius 1 is 0.293 bits per heavy atom. The van der Waals surface area contributed by atoms with Crippen LogP contribution in [-0.2, 0) is 0 Å². The number of benzene rings is 1. The molecule has 14 aromatic heterocycles. The SMILES string of the molecule is C.C.C.C.C.C.C.C.C.C.C1N=NN=N1.CC.CC.CC.CC.CC.CC.CC.CC.CC.CC.CC.CC.CC.CC.CC.c1c[nH]cn1.c1cc[nH]c1.c1ccc2[nH]ccc2c1.c1ccncc1.c1ccnnc1.c1ccoc1.c1ccsc1.c1cn[nH]c1.c1cnccn1.c1cncnc1.c1cnoc1.c1cnsc1.c1cscn1.c1nc[nH]n1. The van der Waals surface area contributed by atoms with Gasteiger partial charge in [0.1, 0.15) is 25.2 Å². The van der Waals surface area contributed by atoms with Gasteiger partial charge in [0.25, 0.3) is 0 Å². The number of hydrogen-bond donors (Lipinski definition) is 5. The van der Waals surface area contributed by atoms with Gasteiger partial charge in [-0.25, -0.2) is 24.3 Å². The molecule has 0 amide bonds. The van der Waals surface area contributed by atoms with Gasteiger partial charge in [0, 0.05) is 134 Å². The van der Waals surface area contributed by atoms with Gasteiger partial charge < -0.3 is 23.9 Å². The lowest BCUT2D eigenvalue weighted by Gasteiger charge is -1.83. The highest BCUT2D eigenvalue weighted by molar-refractivity contribution is 7.07. The molecule has 25 nitrogen and oxygen atoms in total. The number of H-pyrrole nitrogens is 5. The molecule has 714 valence electrons. The summed E-state index contributed by atoms with van der Waals surface area (Å²) in [6, 6.07) is 38.5. The van der Waals surface area contributed by atoms with Crippen LogP contribution in [0.3, 0.4) is 0 Å². The Morgan fingerprint density at radius 3 is 0.959 bits per heavy atom. The highest BCUT2D eigenvalue weighted by Gasteiger charge is 1.87. The number of para-hydroxylation sites is 1. The molecule has 15 aromatic rings. The number of rotatable bonds is 0. The van der Waals surface area contributed by atoms with Crippen LogP contribution >= 0.6 is 34.2 Å².